The molecule has 23 heavy (non-hydrogen) atoms. The molecule has 0 bridgehead atoms. The predicted molar refractivity (Wildman–Crippen MR) is 88.2 cm³/mol. The highest BCUT2D eigenvalue weighted by atomic mass is 16.3. The Morgan fingerprint density at radius 2 is 1.78 bits per heavy atom. The molecule has 9 atom stereocenters. The maximum atomic E-state index is 11.1. The van der Waals surface area contributed by atoms with Gasteiger partial charge in [0.1, 0.15) is 0 Å². The van der Waals surface area contributed by atoms with Gasteiger partial charge >= 0.3 is 0 Å². The van der Waals surface area contributed by atoms with Crippen molar-refractivity contribution in [1.29, 1.82) is 5.26 Å². The number of fused-ring (bicyclic) bond motifs is 5. The van der Waals surface area contributed by atoms with E-state index in [2.05, 4.69) is 19.9 Å². The first-order valence-corrected chi connectivity index (χ1v) is 9.66. The molecular formula is C20H31NO2. The van der Waals surface area contributed by atoms with E-state index in [0.717, 1.165) is 32.1 Å². The van der Waals surface area contributed by atoms with Crippen LogP contribution in [0.1, 0.15) is 65.2 Å². The number of aliphatic hydroxyl groups excluding tert-OH is 2. The molecule has 0 spiro atoms. The van der Waals surface area contributed by atoms with E-state index in [1.807, 2.05) is 0 Å². The van der Waals surface area contributed by atoms with Crippen LogP contribution in [0.5, 0.6) is 0 Å². The molecule has 4 fully saturated rings. The number of nitrogens with zero attached hydrogens (tertiary/aromatic N) is 1. The predicted octanol–water partition coefficient (Wildman–Crippen LogP) is 3.50. The summed E-state index contributed by atoms with van der Waals surface area (Å²) in [4.78, 5) is 0. The zero-order valence-electron chi connectivity index (χ0n) is 14.5. The van der Waals surface area contributed by atoms with Crippen LogP contribution in [0.2, 0.25) is 0 Å². The third-order valence-electron chi connectivity index (χ3n) is 8.72. The van der Waals surface area contributed by atoms with Crippen LogP contribution in [0.15, 0.2) is 0 Å². The lowest BCUT2D eigenvalue weighted by Gasteiger charge is -2.62. The van der Waals surface area contributed by atoms with Gasteiger partial charge in [0.25, 0.3) is 0 Å². The fourth-order valence-corrected chi connectivity index (χ4v) is 7.57. The molecule has 0 aromatic carbocycles. The molecule has 4 saturated carbocycles. The van der Waals surface area contributed by atoms with Gasteiger partial charge in [0.2, 0.25) is 0 Å². The lowest BCUT2D eigenvalue weighted by Crippen LogP contribution is -2.59. The average Bonchev–Trinajstić information content (AvgIpc) is 2.83. The van der Waals surface area contributed by atoms with Gasteiger partial charge in [-0.3, -0.25) is 0 Å². The first kappa shape index (κ1) is 15.9. The summed E-state index contributed by atoms with van der Waals surface area (Å²) in [5.74, 6) is 2.27. The Labute approximate surface area is 140 Å². The third-order valence-corrected chi connectivity index (χ3v) is 8.72. The van der Waals surface area contributed by atoms with Crippen LogP contribution in [-0.4, -0.2) is 22.4 Å². The van der Waals surface area contributed by atoms with Gasteiger partial charge in [0.15, 0.2) is 0 Å². The van der Waals surface area contributed by atoms with Crippen molar-refractivity contribution in [3.8, 4) is 6.07 Å². The normalized spacial score (nSPS) is 58.7. The van der Waals surface area contributed by atoms with Crippen molar-refractivity contribution in [2.75, 3.05) is 0 Å². The molecule has 0 aromatic rings. The third kappa shape index (κ3) is 2.07. The summed E-state index contributed by atoms with van der Waals surface area (Å²) in [7, 11) is 0. The Hall–Kier alpha value is -0.590. The van der Waals surface area contributed by atoms with Gasteiger partial charge in [-0.05, 0) is 85.9 Å². The SMILES string of the molecule is C[C@]12CC[C@@H](O)C[C@@H]1CC[C@@H]1[C@@H]2[C@@H](O)C[C@]2(C)[C@@H](C#N)CC[C@@H]12. The summed E-state index contributed by atoms with van der Waals surface area (Å²) < 4.78 is 0. The van der Waals surface area contributed by atoms with E-state index in [1.54, 1.807) is 0 Å². The minimum atomic E-state index is -0.266. The molecule has 0 heterocycles. The van der Waals surface area contributed by atoms with Crippen molar-refractivity contribution in [1.82, 2.24) is 0 Å². The second-order valence-corrected chi connectivity index (χ2v) is 9.54. The van der Waals surface area contributed by atoms with Crippen LogP contribution in [-0.2, 0) is 0 Å². The van der Waals surface area contributed by atoms with Crippen LogP contribution >= 0.6 is 0 Å². The van der Waals surface area contributed by atoms with Gasteiger partial charge in [0, 0.05) is 0 Å². The van der Waals surface area contributed by atoms with Crippen LogP contribution in [0.4, 0.5) is 0 Å². The number of hydrogen-bond acceptors (Lipinski definition) is 3. The first-order valence-electron chi connectivity index (χ1n) is 9.66. The van der Waals surface area contributed by atoms with Crippen LogP contribution in [0.25, 0.3) is 0 Å². The van der Waals surface area contributed by atoms with Crippen molar-refractivity contribution in [3.05, 3.63) is 0 Å². The maximum Gasteiger partial charge on any atom is 0.0661 e. The highest BCUT2D eigenvalue weighted by molar-refractivity contribution is 5.14. The summed E-state index contributed by atoms with van der Waals surface area (Å²) in [6.45, 7) is 4.67. The lowest BCUT2D eigenvalue weighted by molar-refractivity contribution is -0.175. The molecule has 0 aliphatic heterocycles. The first-order chi connectivity index (χ1) is 10.9. The highest BCUT2D eigenvalue weighted by Gasteiger charge is 2.63. The molecule has 2 N–H and O–H groups in total. The summed E-state index contributed by atoms with van der Waals surface area (Å²) in [6, 6.07) is 2.55. The van der Waals surface area contributed by atoms with E-state index >= 15 is 0 Å². The van der Waals surface area contributed by atoms with E-state index in [1.165, 1.54) is 19.3 Å². The Balaban J connectivity index is 1.68. The summed E-state index contributed by atoms with van der Waals surface area (Å²) in [6.07, 6.45) is 7.87. The Morgan fingerprint density at radius 3 is 2.52 bits per heavy atom. The number of rotatable bonds is 0. The van der Waals surface area contributed by atoms with E-state index < -0.39 is 0 Å². The van der Waals surface area contributed by atoms with Crippen molar-refractivity contribution in [2.24, 2.45) is 40.4 Å². The molecular weight excluding hydrogens is 286 g/mol. The largest absolute Gasteiger partial charge is 0.393 e. The van der Waals surface area contributed by atoms with Gasteiger partial charge < -0.3 is 10.2 Å². The second-order valence-electron chi connectivity index (χ2n) is 9.54. The van der Waals surface area contributed by atoms with E-state index in [0.29, 0.717) is 23.7 Å². The Kier molecular flexibility index (Phi) is 3.60. The molecule has 4 aliphatic carbocycles. The quantitative estimate of drug-likeness (QED) is 0.718. The molecule has 0 unspecified atom stereocenters. The van der Waals surface area contributed by atoms with Crippen LogP contribution < -0.4 is 0 Å². The molecule has 0 saturated heterocycles. The fourth-order valence-electron chi connectivity index (χ4n) is 7.57. The van der Waals surface area contributed by atoms with Gasteiger partial charge in [-0.15, -0.1) is 0 Å². The molecule has 0 amide bonds. The second kappa shape index (κ2) is 5.20. The van der Waals surface area contributed by atoms with Crippen molar-refractivity contribution in [3.63, 3.8) is 0 Å². The van der Waals surface area contributed by atoms with Crippen molar-refractivity contribution < 1.29 is 10.2 Å². The van der Waals surface area contributed by atoms with Gasteiger partial charge in [0.05, 0.1) is 24.2 Å². The zero-order chi connectivity index (χ0) is 16.4. The van der Waals surface area contributed by atoms with Crippen LogP contribution in [0, 0.1) is 51.8 Å². The summed E-state index contributed by atoms with van der Waals surface area (Å²) in [5.41, 5.74) is 0.209. The molecule has 4 rings (SSSR count). The average molecular weight is 317 g/mol. The minimum absolute atomic E-state index is 0.0205. The maximum absolute atomic E-state index is 11.1. The smallest absolute Gasteiger partial charge is 0.0661 e. The van der Waals surface area contributed by atoms with E-state index in [-0.39, 0.29) is 29.0 Å². The molecule has 0 aromatic heterocycles. The van der Waals surface area contributed by atoms with E-state index in [4.69, 9.17) is 0 Å². The highest BCUT2D eigenvalue weighted by Crippen LogP contribution is 2.67. The molecule has 3 nitrogen and oxygen atoms in total. The van der Waals surface area contributed by atoms with Gasteiger partial charge in [-0.2, -0.15) is 5.26 Å². The number of nitriles is 1. The summed E-state index contributed by atoms with van der Waals surface area (Å²) >= 11 is 0. The standard InChI is InChI=1S/C20H31NO2/c1-19-8-7-14(22)9-12(19)3-5-15-16-6-4-13(11-21)20(16,2)10-17(23)18(15)19/h12-18,22-23H,3-10H2,1-2H3/t12-,13+,14+,15-,16-,17-,18+,19-,20+/m0/s1. The summed E-state index contributed by atoms with van der Waals surface area (Å²) in [5, 5.41) is 30.8. The number of aliphatic hydroxyl groups is 2. The van der Waals surface area contributed by atoms with Gasteiger partial charge in [-0.25, -0.2) is 0 Å². The van der Waals surface area contributed by atoms with Crippen molar-refractivity contribution in [2.45, 2.75) is 77.4 Å². The zero-order valence-corrected chi connectivity index (χ0v) is 14.5. The molecule has 3 heteroatoms. The van der Waals surface area contributed by atoms with Crippen molar-refractivity contribution >= 4 is 0 Å². The lowest BCUT2D eigenvalue weighted by atomic mass is 9.44. The molecule has 4 aliphatic rings. The fraction of sp³-hybridized carbons (Fsp3) is 0.950. The number of hydrogen-bond donors (Lipinski definition) is 2. The molecule has 0 radical (unpaired) electrons. The minimum Gasteiger partial charge on any atom is -0.393 e. The monoisotopic (exact) mass is 317 g/mol. The molecule has 128 valence electrons. The Morgan fingerprint density at radius 1 is 1.00 bits per heavy atom. The Bertz CT molecular complexity index is 528. The van der Waals surface area contributed by atoms with Gasteiger partial charge in [-0.1, -0.05) is 13.8 Å². The van der Waals surface area contributed by atoms with E-state index in [9.17, 15) is 15.5 Å². The topological polar surface area (TPSA) is 64.2 Å². The van der Waals surface area contributed by atoms with Crippen LogP contribution in [0.3, 0.4) is 0 Å².